The van der Waals surface area contributed by atoms with E-state index in [2.05, 4.69) is 5.32 Å². The molecule has 0 unspecified atom stereocenters. The van der Waals surface area contributed by atoms with Crippen LogP contribution in [0.15, 0.2) is 18.2 Å². The highest BCUT2D eigenvalue weighted by Gasteiger charge is 2.39. The number of esters is 1. The van der Waals surface area contributed by atoms with Crippen molar-refractivity contribution in [3.8, 4) is 11.5 Å². The molecule has 1 N–H and O–H groups in total. The van der Waals surface area contributed by atoms with Crippen molar-refractivity contribution in [3.05, 3.63) is 18.2 Å². The fourth-order valence-electron chi connectivity index (χ4n) is 4.04. The Labute approximate surface area is 176 Å². The smallest absolute Gasteiger partial charge is 0.311 e. The molecule has 1 aliphatic carbocycles. The maximum atomic E-state index is 12.3. The van der Waals surface area contributed by atoms with Gasteiger partial charge in [-0.1, -0.05) is 12.8 Å². The zero-order valence-electron chi connectivity index (χ0n) is 17.6. The van der Waals surface area contributed by atoms with Crippen LogP contribution in [-0.2, 0) is 19.1 Å². The number of likely N-dealkylation sites (tertiary alicyclic amines) is 1. The Kier molecular flexibility index (Phi) is 7.54. The van der Waals surface area contributed by atoms with Gasteiger partial charge in [-0.05, 0) is 38.8 Å². The molecule has 1 heterocycles. The summed E-state index contributed by atoms with van der Waals surface area (Å²) in [5, 5.41) is 2.69. The van der Waals surface area contributed by atoms with Crippen LogP contribution in [0, 0.1) is 5.92 Å². The first-order valence-corrected chi connectivity index (χ1v) is 10.7. The van der Waals surface area contributed by atoms with Gasteiger partial charge in [-0.25, -0.2) is 0 Å². The van der Waals surface area contributed by atoms with Crippen LogP contribution in [0.25, 0.3) is 0 Å². The molecule has 1 saturated carbocycles. The molecule has 8 nitrogen and oxygen atoms in total. The molecule has 0 bridgehead atoms. The van der Waals surface area contributed by atoms with Crippen LogP contribution >= 0.6 is 0 Å². The summed E-state index contributed by atoms with van der Waals surface area (Å²) in [4.78, 5) is 38.6. The summed E-state index contributed by atoms with van der Waals surface area (Å²) in [6.45, 7) is 4.70. The van der Waals surface area contributed by atoms with Gasteiger partial charge in [0.15, 0.2) is 18.1 Å². The lowest BCUT2D eigenvalue weighted by atomic mass is 10.1. The van der Waals surface area contributed by atoms with E-state index in [-0.39, 0.29) is 18.4 Å². The SMILES string of the molecule is CCOc1ccc(NC(=O)COC(=O)[C@@H]2CC(=O)N(C3CCCC3)C2)cc1OCC. The Morgan fingerprint density at radius 2 is 1.80 bits per heavy atom. The van der Waals surface area contributed by atoms with E-state index in [1.165, 1.54) is 0 Å². The molecular formula is C22H30N2O6. The van der Waals surface area contributed by atoms with Crippen molar-refractivity contribution in [1.29, 1.82) is 0 Å². The van der Waals surface area contributed by atoms with Crippen molar-refractivity contribution in [1.82, 2.24) is 4.90 Å². The number of carbonyl (C=O) groups is 3. The molecule has 1 aromatic carbocycles. The minimum absolute atomic E-state index is 0.00569. The van der Waals surface area contributed by atoms with Gasteiger partial charge >= 0.3 is 5.97 Å². The minimum Gasteiger partial charge on any atom is -0.490 e. The molecule has 0 radical (unpaired) electrons. The minimum atomic E-state index is -0.499. The van der Waals surface area contributed by atoms with E-state index in [0.29, 0.717) is 36.9 Å². The highest BCUT2D eigenvalue weighted by Crippen LogP contribution is 2.31. The first kappa shape index (κ1) is 21.9. The topological polar surface area (TPSA) is 94.2 Å². The fourth-order valence-corrected chi connectivity index (χ4v) is 4.04. The van der Waals surface area contributed by atoms with Crippen molar-refractivity contribution >= 4 is 23.5 Å². The number of hydrogen-bond donors (Lipinski definition) is 1. The monoisotopic (exact) mass is 418 g/mol. The second-order valence-electron chi connectivity index (χ2n) is 7.57. The standard InChI is InChI=1S/C22H30N2O6/c1-3-28-18-10-9-16(12-19(18)29-4-2)23-20(25)14-30-22(27)15-11-21(26)24(13-15)17-7-5-6-8-17/h9-10,12,15,17H,3-8,11,13-14H2,1-2H3,(H,23,25)/t15-/m1/s1. The molecule has 0 spiro atoms. The van der Waals surface area contributed by atoms with Gasteiger partial charge in [0.05, 0.1) is 19.1 Å². The lowest BCUT2D eigenvalue weighted by Crippen LogP contribution is -2.35. The molecule has 1 aliphatic heterocycles. The van der Waals surface area contributed by atoms with E-state index < -0.39 is 24.4 Å². The molecule has 164 valence electrons. The van der Waals surface area contributed by atoms with Gasteiger partial charge in [0.25, 0.3) is 5.91 Å². The van der Waals surface area contributed by atoms with Crippen LogP contribution in [0.5, 0.6) is 11.5 Å². The van der Waals surface area contributed by atoms with Gasteiger partial charge in [-0.2, -0.15) is 0 Å². The van der Waals surface area contributed by atoms with Crippen molar-refractivity contribution in [3.63, 3.8) is 0 Å². The summed E-state index contributed by atoms with van der Waals surface area (Å²) in [7, 11) is 0. The molecule has 30 heavy (non-hydrogen) atoms. The molecule has 8 heteroatoms. The van der Waals surface area contributed by atoms with E-state index in [4.69, 9.17) is 14.2 Å². The molecule has 2 fully saturated rings. The largest absolute Gasteiger partial charge is 0.490 e. The number of rotatable bonds is 9. The first-order valence-electron chi connectivity index (χ1n) is 10.7. The summed E-state index contributed by atoms with van der Waals surface area (Å²) in [5.41, 5.74) is 0.520. The van der Waals surface area contributed by atoms with Crippen LogP contribution in [0.4, 0.5) is 5.69 Å². The van der Waals surface area contributed by atoms with Crippen molar-refractivity contribution in [2.75, 3.05) is 31.7 Å². The molecule has 0 aromatic heterocycles. The quantitative estimate of drug-likeness (QED) is 0.620. The van der Waals surface area contributed by atoms with Gasteiger partial charge < -0.3 is 24.4 Å². The lowest BCUT2D eigenvalue weighted by molar-refractivity contribution is -0.151. The number of benzene rings is 1. The van der Waals surface area contributed by atoms with Crippen LogP contribution in [0.3, 0.4) is 0 Å². The number of nitrogens with zero attached hydrogens (tertiary/aromatic N) is 1. The highest BCUT2D eigenvalue weighted by molar-refractivity contribution is 5.94. The maximum Gasteiger partial charge on any atom is 0.311 e. The lowest BCUT2D eigenvalue weighted by Gasteiger charge is -2.23. The fraction of sp³-hybridized carbons (Fsp3) is 0.591. The summed E-state index contributed by atoms with van der Waals surface area (Å²) in [6, 6.07) is 5.33. The number of ether oxygens (including phenoxy) is 3. The third-order valence-corrected chi connectivity index (χ3v) is 5.43. The second-order valence-corrected chi connectivity index (χ2v) is 7.57. The molecule has 1 aromatic rings. The van der Waals surface area contributed by atoms with Crippen molar-refractivity contribution in [2.24, 2.45) is 5.92 Å². The summed E-state index contributed by atoms with van der Waals surface area (Å²) in [6.07, 6.45) is 4.41. The van der Waals surface area contributed by atoms with Gasteiger partial charge in [-0.3, -0.25) is 14.4 Å². The molecule has 1 saturated heterocycles. The van der Waals surface area contributed by atoms with Crippen LogP contribution in [-0.4, -0.2) is 55.1 Å². The second kappa shape index (κ2) is 10.3. The number of nitrogens with one attached hydrogen (secondary N) is 1. The Balaban J connectivity index is 1.49. The molecule has 2 amide bonds. The van der Waals surface area contributed by atoms with E-state index >= 15 is 0 Å². The van der Waals surface area contributed by atoms with E-state index in [1.807, 2.05) is 18.7 Å². The summed E-state index contributed by atoms with van der Waals surface area (Å²) in [5.74, 6) is -0.313. The predicted octanol–water partition coefficient (Wildman–Crippen LogP) is 2.76. The van der Waals surface area contributed by atoms with Gasteiger partial charge in [0.1, 0.15) is 0 Å². The number of carbonyl (C=O) groups excluding carboxylic acids is 3. The first-order chi connectivity index (χ1) is 14.5. The van der Waals surface area contributed by atoms with Crippen LogP contribution < -0.4 is 14.8 Å². The van der Waals surface area contributed by atoms with E-state index in [0.717, 1.165) is 25.7 Å². The average Bonchev–Trinajstić information content (AvgIpc) is 3.38. The van der Waals surface area contributed by atoms with Crippen molar-refractivity contribution < 1.29 is 28.6 Å². The molecular weight excluding hydrogens is 388 g/mol. The molecule has 1 atom stereocenters. The Morgan fingerprint density at radius 1 is 1.10 bits per heavy atom. The Bertz CT molecular complexity index is 775. The highest BCUT2D eigenvalue weighted by atomic mass is 16.5. The molecule has 2 aliphatic rings. The Hall–Kier alpha value is -2.77. The van der Waals surface area contributed by atoms with E-state index in [9.17, 15) is 14.4 Å². The maximum absolute atomic E-state index is 12.3. The zero-order chi connectivity index (χ0) is 21.5. The van der Waals surface area contributed by atoms with Gasteiger partial charge in [0.2, 0.25) is 5.91 Å². The van der Waals surface area contributed by atoms with Gasteiger partial charge in [0, 0.05) is 30.8 Å². The van der Waals surface area contributed by atoms with E-state index in [1.54, 1.807) is 18.2 Å². The van der Waals surface area contributed by atoms with Gasteiger partial charge in [-0.15, -0.1) is 0 Å². The number of amides is 2. The predicted molar refractivity (Wildman–Crippen MR) is 110 cm³/mol. The zero-order valence-corrected chi connectivity index (χ0v) is 17.6. The normalized spacial score (nSPS) is 19.1. The van der Waals surface area contributed by atoms with Crippen molar-refractivity contribution in [2.45, 2.75) is 52.0 Å². The third-order valence-electron chi connectivity index (χ3n) is 5.43. The Morgan fingerprint density at radius 3 is 2.50 bits per heavy atom. The summed E-state index contributed by atoms with van der Waals surface area (Å²) >= 11 is 0. The van der Waals surface area contributed by atoms with Crippen LogP contribution in [0.1, 0.15) is 46.0 Å². The average molecular weight is 418 g/mol. The third kappa shape index (κ3) is 5.43. The van der Waals surface area contributed by atoms with Crippen LogP contribution in [0.2, 0.25) is 0 Å². The number of hydrogen-bond acceptors (Lipinski definition) is 6. The number of anilines is 1. The molecule has 3 rings (SSSR count). The summed E-state index contributed by atoms with van der Waals surface area (Å²) < 4.78 is 16.2.